The van der Waals surface area contributed by atoms with E-state index in [-0.39, 0.29) is 18.1 Å². The number of hydrogen-bond acceptors (Lipinski definition) is 4. The van der Waals surface area contributed by atoms with Crippen LogP contribution in [-0.2, 0) is 19.2 Å². The number of ether oxygens (including phenoxy) is 1. The summed E-state index contributed by atoms with van der Waals surface area (Å²) < 4.78 is 50.2. The van der Waals surface area contributed by atoms with Crippen molar-refractivity contribution < 1.29 is 27.1 Å². The van der Waals surface area contributed by atoms with Crippen LogP contribution in [0.1, 0.15) is 45.0 Å². The van der Waals surface area contributed by atoms with Gasteiger partial charge in [0.2, 0.25) is 0 Å². The summed E-state index contributed by atoms with van der Waals surface area (Å²) in [5.41, 5.74) is -0.774. The van der Waals surface area contributed by atoms with E-state index in [0.717, 1.165) is 34.3 Å². The number of alkyl halides is 3. The molecule has 0 atom stereocenters. The molecule has 0 aliphatic rings. The van der Waals surface area contributed by atoms with E-state index < -0.39 is 11.7 Å². The highest BCUT2D eigenvalue weighted by molar-refractivity contribution is 9.10. The molecule has 0 unspecified atom stereocenters. The van der Waals surface area contributed by atoms with E-state index in [1.807, 2.05) is 6.07 Å². The maximum atomic E-state index is 12.8. The largest absolute Gasteiger partial charge is 0.486 e. The molecule has 2 aromatic heterocycles. The van der Waals surface area contributed by atoms with Crippen LogP contribution in [0.5, 0.6) is 5.75 Å². The predicted molar refractivity (Wildman–Crippen MR) is 114 cm³/mol. The van der Waals surface area contributed by atoms with Crippen molar-refractivity contribution in [2.24, 2.45) is 0 Å². The summed E-state index contributed by atoms with van der Waals surface area (Å²) >= 11 is 4.94. The van der Waals surface area contributed by atoms with E-state index in [1.165, 1.54) is 29.5 Å². The zero-order valence-electron chi connectivity index (χ0n) is 16.0. The van der Waals surface area contributed by atoms with E-state index >= 15 is 0 Å². The summed E-state index contributed by atoms with van der Waals surface area (Å²) in [6, 6.07) is 9.79. The van der Waals surface area contributed by atoms with Crippen LogP contribution in [0.15, 0.2) is 57.4 Å². The van der Waals surface area contributed by atoms with Gasteiger partial charge in [0, 0.05) is 9.35 Å². The normalized spacial score (nSPS) is 11.9. The van der Waals surface area contributed by atoms with Gasteiger partial charge in [-0.3, -0.25) is 4.79 Å². The quantitative estimate of drug-likeness (QED) is 0.237. The maximum Gasteiger partial charge on any atom is 0.416 e. The number of thiophene rings is 1. The minimum absolute atomic E-state index is 0.0264. The van der Waals surface area contributed by atoms with Crippen LogP contribution in [0.25, 0.3) is 6.08 Å². The van der Waals surface area contributed by atoms with Gasteiger partial charge in [0.1, 0.15) is 23.9 Å². The van der Waals surface area contributed by atoms with Crippen LogP contribution < -0.4 is 4.74 Å². The zero-order valence-corrected chi connectivity index (χ0v) is 18.4. The van der Waals surface area contributed by atoms with E-state index in [1.54, 1.807) is 18.2 Å². The van der Waals surface area contributed by atoms with Crippen molar-refractivity contribution in [1.82, 2.24) is 0 Å². The summed E-state index contributed by atoms with van der Waals surface area (Å²) in [7, 11) is 0. The van der Waals surface area contributed by atoms with Crippen LogP contribution in [0.2, 0.25) is 0 Å². The molecule has 0 N–H and O–H groups in total. The fraction of sp³-hybridized carbons (Fsp3) is 0.227. The molecule has 0 bridgehead atoms. The average Bonchev–Trinajstić information content (AvgIpc) is 3.31. The number of allylic oxidation sites excluding steroid dienone is 1. The lowest BCUT2D eigenvalue weighted by atomic mass is 10.2. The van der Waals surface area contributed by atoms with Crippen molar-refractivity contribution >= 4 is 39.1 Å². The number of rotatable bonds is 8. The molecule has 0 aliphatic carbocycles. The SMILES string of the molecule is CCCc1sc(C(=O)/C=C/c2ccc(COc3cccc(C(F)(F)F)c3)o2)cc1Br. The summed E-state index contributed by atoms with van der Waals surface area (Å²) in [6.07, 6.45) is 0.480. The standard InChI is InChI=1S/C22H18BrF3O3S/c1-2-4-20-18(23)12-21(30-20)19(27)10-9-15-7-8-17(29-15)13-28-16-6-3-5-14(11-16)22(24,25)26/h3,5-12H,2,4,13H2,1H3/b10-9+. The number of ketones is 1. The van der Waals surface area contributed by atoms with Crippen LogP contribution in [0.4, 0.5) is 13.2 Å². The predicted octanol–water partition coefficient (Wildman–Crippen LogP) is 7.55. The second-order valence-corrected chi connectivity index (χ2v) is 8.44. The molecule has 1 aromatic carbocycles. The Labute approximate surface area is 184 Å². The van der Waals surface area contributed by atoms with E-state index in [2.05, 4.69) is 22.9 Å². The molecular weight excluding hydrogens is 481 g/mol. The second kappa shape index (κ2) is 9.66. The Kier molecular flexibility index (Phi) is 7.20. The maximum absolute atomic E-state index is 12.8. The Morgan fingerprint density at radius 3 is 2.77 bits per heavy atom. The summed E-state index contributed by atoms with van der Waals surface area (Å²) in [5.74, 6) is 0.861. The van der Waals surface area contributed by atoms with Crippen molar-refractivity contribution in [2.45, 2.75) is 32.5 Å². The molecule has 158 valence electrons. The minimum atomic E-state index is -4.43. The number of hydrogen-bond donors (Lipinski definition) is 0. The minimum Gasteiger partial charge on any atom is -0.486 e. The van der Waals surface area contributed by atoms with Gasteiger partial charge in [-0.2, -0.15) is 13.2 Å². The smallest absolute Gasteiger partial charge is 0.416 e. The number of aryl methyl sites for hydroxylation is 1. The fourth-order valence-electron chi connectivity index (χ4n) is 2.64. The third kappa shape index (κ3) is 5.86. The van der Waals surface area contributed by atoms with Crippen LogP contribution in [0.3, 0.4) is 0 Å². The fourth-order valence-corrected chi connectivity index (χ4v) is 4.54. The van der Waals surface area contributed by atoms with Crippen LogP contribution in [-0.4, -0.2) is 5.78 Å². The van der Waals surface area contributed by atoms with E-state index in [9.17, 15) is 18.0 Å². The summed E-state index contributed by atoms with van der Waals surface area (Å²) in [4.78, 5) is 14.1. The number of benzene rings is 1. The van der Waals surface area contributed by atoms with Gasteiger partial charge in [0.25, 0.3) is 0 Å². The molecule has 3 aromatic rings. The van der Waals surface area contributed by atoms with E-state index in [0.29, 0.717) is 16.4 Å². The van der Waals surface area contributed by atoms with Gasteiger partial charge in [0.15, 0.2) is 5.78 Å². The molecule has 3 nitrogen and oxygen atoms in total. The first-order valence-corrected chi connectivity index (χ1v) is 10.8. The number of carbonyl (C=O) groups is 1. The highest BCUT2D eigenvalue weighted by Crippen LogP contribution is 2.32. The van der Waals surface area contributed by atoms with E-state index in [4.69, 9.17) is 9.15 Å². The van der Waals surface area contributed by atoms with Crippen LogP contribution >= 0.6 is 27.3 Å². The average molecular weight is 499 g/mol. The first-order valence-electron chi connectivity index (χ1n) is 9.15. The molecule has 0 radical (unpaired) electrons. The molecule has 8 heteroatoms. The monoisotopic (exact) mass is 498 g/mol. The van der Waals surface area contributed by atoms with Crippen molar-refractivity contribution in [3.8, 4) is 5.75 Å². The molecule has 30 heavy (non-hydrogen) atoms. The van der Waals surface area contributed by atoms with Gasteiger partial charge in [-0.1, -0.05) is 19.4 Å². The molecule has 2 heterocycles. The van der Waals surface area contributed by atoms with Gasteiger partial charge >= 0.3 is 6.18 Å². The lowest BCUT2D eigenvalue weighted by Crippen LogP contribution is -2.05. The third-order valence-electron chi connectivity index (χ3n) is 4.10. The summed E-state index contributed by atoms with van der Waals surface area (Å²) in [5, 5.41) is 0. The Balaban J connectivity index is 1.60. The van der Waals surface area contributed by atoms with Gasteiger partial charge in [0.05, 0.1) is 10.4 Å². The van der Waals surface area contributed by atoms with Crippen molar-refractivity contribution in [3.05, 3.63) is 79.9 Å². The number of halogens is 4. The van der Waals surface area contributed by atoms with Gasteiger partial charge < -0.3 is 9.15 Å². The first-order chi connectivity index (χ1) is 14.3. The third-order valence-corrected chi connectivity index (χ3v) is 6.28. The molecule has 0 amide bonds. The number of carbonyl (C=O) groups excluding carboxylic acids is 1. The van der Waals surface area contributed by atoms with Crippen molar-refractivity contribution in [1.29, 1.82) is 0 Å². The van der Waals surface area contributed by atoms with Crippen LogP contribution in [0, 0.1) is 0 Å². The Bertz CT molecular complexity index is 1050. The molecule has 0 saturated carbocycles. The Morgan fingerprint density at radius 1 is 1.23 bits per heavy atom. The molecular formula is C22H18BrF3O3S. The molecule has 0 spiro atoms. The molecule has 0 fully saturated rings. The second-order valence-electron chi connectivity index (χ2n) is 6.45. The molecule has 3 rings (SSSR count). The van der Waals surface area contributed by atoms with Gasteiger partial charge in [-0.25, -0.2) is 0 Å². The Morgan fingerprint density at radius 2 is 2.03 bits per heavy atom. The first kappa shape index (κ1) is 22.4. The summed E-state index contributed by atoms with van der Waals surface area (Å²) in [6.45, 7) is 2.06. The van der Waals surface area contributed by atoms with Gasteiger partial charge in [-0.15, -0.1) is 11.3 Å². The highest BCUT2D eigenvalue weighted by atomic mass is 79.9. The molecule has 0 saturated heterocycles. The zero-order chi connectivity index (χ0) is 21.7. The molecule has 0 aliphatic heterocycles. The lowest BCUT2D eigenvalue weighted by molar-refractivity contribution is -0.137. The topological polar surface area (TPSA) is 39.4 Å². The number of furan rings is 1. The van der Waals surface area contributed by atoms with Crippen molar-refractivity contribution in [2.75, 3.05) is 0 Å². The Hall–Kier alpha value is -2.32. The highest BCUT2D eigenvalue weighted by Gasteiger charge is 2.30. The van der Waals surface area contributed by atoms with Crippen molar-refractivity contribution in [3.63, 3.8) is 0 Å². The lowest BCUT2D eigenvalue weighted by Gasteiger charge is -2.09. The van der Waals surface area contributed by atoms with Gasteiger partial charge in [-0.05, 0) is 70.9 Å².